The second kappa shape index (κ2) is 8.12. The number of rotatable bonds is 6. The van der Waals surface area contributed by atoms with E-state index in [4.69, 9.17) is 19.3 Å². The fourth-order valence-corrected chi connectivity index (χ4v) is 3.38. The smallest absolute Gasteiger partial charge is 0.433 e. The van der Waals surface area contributed by atoms with Crippen molar-refractivity contribution in [2.24, 2.45) is 0 Å². The van der Waals surface area contributed by atoms with Gasteiger partial charge in [0.1, 0.15) is 36.4 Å². The summed E-state index contributed by atoms with van der Waals surface area (Å²) in [5.41, 5.74) is -2.91. The number of aliphatic hydroxyl groups excluding tert-OH is 2. The number of carboxylic acids is 1. The van der Waals surface area contributed by atoms with Gasteiger partial charge < -0.3 is 34.8 Å². The fourth-order valence-electron chi connectivity index (χ4n) is 3.38. The average molecular weight is 458 g/mol. The molecule has 172 valence electrons. The summed E-state index contributed by atoms with van der Waals surface area (Å²) < 4.78 is 55.3. The second-order valence-electron chi connectivity index (χ2n) is 7.21. The van der Waals surface area contributed by atoms with Crippen molar-refractivity contribution < 1.29 is 47.5 Å². The summed E-state index contributed by atoms with van der Waals surface area (Å²) >= 11 is 0. The first-order valence-electron chi connectivity index (χ1n) is 9.23. The first-order chi connectivity index (χ1) is 15.1. The molecule has 4 N–H and O–H groups in total. The highest BCUT2D eigenvalue weighted by Crippen LogP contribution is 2.38. The van der Waals surface area contributed by atoms with Crippen LogP contribution in [0, 0.1) is 0 Å². The highest BCUT2D eigenvalue weighted by atomic mass is 19.4. The molecule has 5 atom stereocenters. The second-order valence-corrected chi connectivity index (χ2v) is 7.21. The maximum absolute atomic E-state index is 12.9. The topological polar surface area (TPSA) is 156 Å². The largest absolute Gasteiger partial charge is 0.476 e. The Balaban J connectivity index is 1.45. The molecule has 2 aromatic heterocycles. The molecule has 2 fully saturated rings. The van der Waals surface area contributed by atoms with Crippen LogP contribution in [0.5, 0.6) is 5.88 Å². The third-order valence-corrected chi connectivity index (χ3v) is 5.03. The van der Waals surface area contributed by atoms with Crippen LogP contribution < -0.4 is 10.1 Å². The lowest BCUT2D eigenvalue weighted by Gasteiger charge is -2.42. The summed E-state index contributed by atoms with van der Waals surface area (Å²) in [4.78, 5) is 21.7. The molecule has 0 spiro atoms. The van der Waals surface area contributed by atoms with Crippen LogP contribution in [0.3, 0.4) is 0 Å². The molecule has 4 rings (SSSR count). The Morgan fingerprint density at radius 1 is 1.28 bits per heavy atom. The van der Waals surface area contributed by atoms with Gasteiger partial charge >= 0.3 is 12.1 Å². The normalized spacial score (nSPS) is 29.5. The molecule has 14 heteroatoms. The molecule has 11 nitrogen and oxygen atoms in total. The zero-order chi connectivity index (χ0) is 23.1. The van der Waals surface area contributed by atoms with E-state index in [1.165, 1.54) is 6.07 Å². The van der Waals surface area contributed by atoms with Gasteiger partial charge in [-0.15, -0.1) is 0 Å². The number of carboxylic acid groups (broad SMARTS) is 1. The first kappa shape index (κ1) is 22.1. The molecular weight excluding hydrogens is 441 g/mol. The molecule has 32 heavy (non-hydrogen) atoms. The number of carbonyl (C=O) groups is 1. The Hall–Kier alpha value is -3.07. The van der Waals surface area contributed by atoms with E-state index in [2.05, 4.69) is 20.3 Å². The van der Waals surface area contributed by atoms with Gasteiger partial charge in [-0.3, -0.25) is 0 Å². The van der Waals surface area contributed by atoms with Crippen molar-refractivity contribution in [3.05, 3.63) is 42.0 Å². The van der Waals surface area contributed by atoms with E-state index in [0.717, 1.165) is 24.5 Å². The van der Waals surface area contributed by atoms with Crippen molar-refractivity contribution in [1.82, 2.24) is 15.0 Å². The predicted molar refractivity (Wildman–Crippen MR) is 96.7 cm³/mol. The van der Waals surface area contributed by atoms with E-state index in [1.54, 1.807) is 0 Å². The molecule has 0 aliphatic carbocycles. The van der Waals surface area contributed by atoms with Crippen molar-refractivity contribution >= 4 is 11.8 Å². The summed E-state index contributed by atoms with van der Waals surface area (Å²) in [6, 6.07) is 2.10. The quantitative estimate of drug-likeness (QED) is 0.472. The van der Waals surface area contributed by atoms with E-state index in [0.29, 0.717) is 0 Å². The molecule has 0 saturated carbocycles. The lowest BCUT2D eigenvalue weighted by atomic mass is 9.88. The van der Waals surface area contributed by atoms with Crippen LogP contribution in [0.4, 0.5) is 19.0 Å². The standard InChI is InChI=1S/C18H17F3N4O7/c19-18(20,21)9-2-1-3-10(24-9)25-12-13(26)14(27)17(7-31-16(12)32-17)6-30-11-5-22-8(4-23-11)15(28)29/h1-5,12-14,16,26-27H,6-7H2,(H,24,25)(H,28,29)/t12-,13-,14-,16+,17+/m1/s1. The number of nitrogens with one attached hydrogen (secondary N) is 1. The third-order valence-electron chi connectivity index (χ3n) is 5.03. The van der Waals surface area contributed by atoms with Crippen molar-refractivity contribution in [2.75, 3.05) is 18.5 Å². The molecule has 2 saturated heterocycles. The van der Waals surface area contributed by atoms with Gasteiger partial charge in [0.05, 0.1) is 19.0 Å². The lowest BCUT2D eigenvalue weighted by Crippen LogP contribution is -2.64. The molecule has 4 heterocycles. The maximum Gasteiger partial charge on any atom is 0.433 e. The number of halogens is 3. The van der Waals surface area contributed by atoms with Gasteiger partial charge in [-0.1, -0.05) is 6.07 Å². The van der Waals surface area contributed by atoms with Crippen LogP contribution in [0.25, 0.3) is 0 Å². The molecule has 2 aliphatic rings. The van der Waals surface area contributed by atoms with E-state index >= 15 is 0 Å². The highest BCUT2D eigenvalue weighted by molar-refractivity contribution is 5.84. The molecule has 2 aromatic rings. The molecular formula is C18H17F3N4O7. The van der Waals surface area contributed by atoms with Gasteiger partial charge in [0, 0.05) is 0 Å². The number of alkyl halides is 3. The summed E-state index contributed by atoms with van der Waals surface area (Å²) in [5.74, 6) is -1.50. The van der Waals surface area contributed by atoms with Crippen LogP contribution in [-0.2, 0) is 15.7 Å². The number of hydrogen-bond acceptors (Lipinski definition) is 10. The Morgan fingerprint density at radius 2 is 2.06 bits per heavy atom. The Morgan fingerprint density at radius 3 is 2.72 bits per heavy atom. The van der Waals surface area contributed by atoms with Crippen LogP contribution in [0.15, 0.2) is 30.6 Å². The molecule has 0 unspecified atom stereocenters. The molecule has 0 amide bonds. The summed E-state index contributed by atoms with van der Waals surface area (Å²) in [7, 11) is 0. The van der Waals surface area contributed by atoms with Crippen molar-refractivity contribution in [2.45, 2.75) is 36.3 Å². The van der Waals surface area contributed by atoms with Gasteiger partial charge in [0.25, 0.3) is 0 Å². The van der Waals surface area contributed by atoms with E-state index in [9.17, 15) is 28.2 Å². The van der Waals surface area contributed by atoms with Crippen molar-refractivity contribution in [3.63, 3.8) is 0 Å². The predicted octanol–water partition coefficient (Wildman–Crippen LogP) is 0.295. The van der Waals surface area contributed by atoms with Gasteiger partial charge in [-0.05, 0) is 12.1 Å². The van der Waals surface area contributed by atoms with E-state index in [1.807, 2.05) is 0 Å². The highest BCUT2D eigenvalue weighted by Gasteiger charge is 2.60. The number of hydrogen-bond donors (Lipinski definition) is 4. The monoisotopic (exact) mass is 458 g/mol. The van der Waals surface area contributed by atoms with Gasteiger partial charge in [-0.2, -0.15) is 13.2 Å². The minimum Gasteiger partial charge on any atom is -0.476 e. The number of ether oxygens (including phenoxy) is 3. The summed E-state index contributed by atoms with van der Waals surface area (Å²) in [5, 5.41) is 32.7. The Bertz CT molecular complexity index is 993. The van der Waals surface area contributed by atoms with Crippen molar-refractivity contribution in [1.29, 1.82) is 0 Å². The van der Waals surface area contributed by atoms with Crippen molar-refractivity contribution in [3.8, 4) is 5.88 Å². The SMILES string of the molecule is O=C(O)c1cnc(OC[C@@]23CO[C@@H](O2)[C@H](Nc2cccc(C(F)(F)F)n2)[C@@H](O)[C@H]3O)cn1. The number of fused-ring (bicyclic) bond motifs is 2. The Kier molecular flexibility index (Phi) is 5.62. The summed E-state index contributed by atoms with van der Waals surface area (Å²) in [6.45, 7) is -0.512. The first-order valence-corrected chi connectivity index (χ1v) is 9.23. The molecule has 0 aromatic carbocycles. The Labute approximate surface area is 177 Å². The number of aromatic nitrogens is 3. The lowest BCUT2D eigenvalue weighted by molar-refractivity contribution is -0.222. The molecule has 2 aliphatic heterocycles. The van der Waals surface area contributed by atoms with Crippen LogP contribution in [0.2, 0.25) is 0 Å². The van der Waals surface area contributed by atoms with E-state index in [-0.39, 0.29) is 30.6 Å². The number of anilines is 1. The van der Waals surface area contributed by atoms with Gasteiger partial charge in [0.2, 0.25) is 5.88 Å². The van der Waals surface area contributed by atoms with Gasteiger partial charge in [0.15, 0.2) is 17.6 Å². The summed E-state index contributed by atoms with van der Waals surface area (Å²) in [6.07, 6.45) is -6.76. The minimum absolute atomic E-state index is 0.0495. The molecule has 0 radical (unpaired) electrons. The number of aromatic carboxylic acids is 1. The third kappa shape index (κ3) is 4.17. The molecule has 2 bridgehead atoms. The number of nitrogens with zero attached hydrogens (tertiary/aromatic N) is 3. The number of aliphatic hydroxyl groups is 2. The van der Waals surface area contributed by atoms with E-state index < -0.39 is 48.0 Å². The fraction of sp³-hybridized carbons (Fsp3) is 0.444. The van der Waals surface area contributed by atoms with Crippen LogP contribution in [0.1, 0.15) is 16.2 Å². The maximum atomic E-state index is 12.9. The minimum atomic E-state index is -4.65. The zero-order valence-corrected chi connectivity index (χ0v) is 16.1. The zero-order valence-electron chi connectivity index (χ0n) is 16.1. The van der Waals surface area contributed by atoms with Crippen LogP contribution >= 0.6 is 0 Å². The van der Waals surface area contributed by atoms with Gasteiger partial charge in [-0.25, -0.2) is 19.7 Å². The average Bonchev–Trinajstić information content (AvgIpc) is 3.16. The number of pyridine rings is 1. The van der Waals surface area contributed by atoms with Crippen LogP contribution in [-0.4, -0.2) is 79.6 Å².